The van der Waals surface area contributed by atoms with Crippen LogP contribution in [0.5, 0.6) is 0 Å². The third-order valence-corrected chi connectivity index (χ3v) is 3.66. The van der Waals surface area contributed by atoms with Gasteiger partial charge < -0.3 is 9.67 Å². The molecule has 4 heteroatoms. The second kappa shape index (κ2) is 4.75. The molecule has 18 heavy (non-hydrogen) atoms. The molecule has 3 rings (SSSR count). The summed E-state index contributed by atoms with van der Waals surface area (Å²) < 4.78 is 2.13. The smallest absolute Gasteiger partial charge is 0.113 e. The Morgan fingerprint density at radius 3 is 3.17 bits per heavy atom. The number of aromatic nitrogens is 2. The average molecular weight is 263 g/mol. The first-order chi connectivity index (χ1) is 8.74. The Hall–Kier alpha value is -1.32. The lowest BCUT2D eigenvalue weighted by molar-refractivity contribution is 0.138. The van der Waals surface area contributed by atoms with Crippen LogP contribution in [-0.4, -0.2) is 14.7 Å². The van der Waals surface area contributed by atoms with Crippen molar-refractivity contribution in [1.29, 1.82) is 0 Å². The minimum absolute atomic E-state index is 0.362. The van der Waals surface area contributed by atoms with Crippen LogP contribution in [0.1, 0.15) is 36.0 Å². The molecule has 0 spiro atoms. The van der Waals surface area contributed by atoms with Crippen molar-refractivity contribution in [3.63, 3.8) is 0 Å². The topological polar surface area (TPSA) is 38.0 Å². The van der Waals surface area contributed by atoms with E-state index < -0.39 is 0 Å². The molecule has 1 aromatic heterocycles. The van der Waals surface area contributed by atoms with Crippen LogP contribution in [0.4, 0.5) is 0 Å². The molecule has 0 fully saturated rings. The van der Waals surface area contributed by atoms with Crippen molar-refractivity contribution in [3.8, 4) is 0 Å². The van der Waals surface area contributed by atoms with Gasteiger partial charge in [-0.1, -0.05) is 23.7 Å². The van der Waals surface area contributed by atoms with E-state index in [0.29, 0.717) is 0 Å². The van der Waals surface area contributed by atoms with Crippen molar-refractivity contribution in [2.75, 3.05) is 0 Å². The SMILES string of the molecule is OC1CCCn2c1cnc2Cc1cccc(Cl)c1. The summed E-state index contributed by atoms with van der Waals surface area (Å²) in [6, 6.07) is 7.83. The maximum atomic E-state index is 9.90. The molecule has 94 valence electrons. The van der Waals surface area contributed by atoms with Gasteiger partial charge in [0.2, 0.25) is 0 Å². The van der Waals surface area contributed by atoms with E-state index in [1.54, 1.807) is 6.20 Å². The monoisotopic (exact) mass is 262 g/mol. The van der Waals surface area contributed by atoms with Crippen LogP contribution in [0, 0.1) is 0 Å². The van der Waals surface area contributed by atoms with E-state index in [9.17, 15) is 5.11 Å². The predicted octanol–water partition coefficient (Wildman–Crippen LogP) is 2.95. The van der Waals surface area contributed by atoms with Gasteiger partial charge >= 0.3 is 0 Å². The number of halogens is 1. The van der Waals surface area contributed by atoms with E-state index in [-0.39, 0.29) is 6.10 Å². The number of hydrogen-bond acceptors (Lipinski definition) is 2. The Morgan fingerprint density at radius 1 is 1.44 bits per heavy atom. The molecule has 1 aromatic carbocycles. The van der Waals surface area contributed by atoms with Crippen molar-refractivity contribution < 1.29 is 5.11 Å². The highest BCUT2D eigenvalue weighted by Crippen LogP contribution is 2.26. The summed E-state index contributed by atoms with van der Waals surface area (Å²) in [6.45, 7) is 0.947. The number of aliphatic hydroxyl groups is 1. The lowest BCUT2D eigenvalue weighted by Crippen LogP contribution is -2.16. The Bertz CT molecular complexity index is 565. The molecule has 1 N–H and O–H groups in total. The first kappa shape index (κ1) is 11.8. The van der Waals surface area contributed by atoms with Crippen molar-refractivity contribution in [1.82, 2.24) is 9.55 Å². The predicted molar refractivity (Wildman–Crippen MR) is 70.7 cm³/mol. The number of hydrogen-bond donors (Lipinski definition) is 1. The molecule has 2 aromatic rings. The van der Waals surface area contributed by atoms with Gasteiger partial charge in [-0.2, -0.15) is 0 Å². The van der Waals surface area contributed by atoms with Gasteiger partial charge in [0.1, 0.15) is 5.82 Å². The van der Waals surface area contributed by atoms with Gasteiger partial charge in [0.25, 0.3) is 0 Å². The fraction of sp³-hybridized carbons (Fsp3) is 0.357. The van der Waals surface area contributed by atoms with Gasteiger partial charge in [-0.25, -0.2) is 4.98 Å². The maximum absolute atomic E-state index is 9.90. The molecule has 1 unspecified atom stereocenters. The number of imidazole rings is 1. The third kappa shape index (κ3) is 2.16. The van der Waals surface area contributed by atoms with Crippen molar-refractivity contribution in [3.05, 3.63) is 52.6 Å². The number of aliphatic hydroxyl groups excluding tert-OH is 1. The second-order valence-electron chi connectivity index (χ2n) is 4.72. The first-order valence-corrected chi connectivity index (χ1v) is 6.58. The lowest BCUT2D eigenvalue weighted by atomic mass is 10.1. The summed E-state index contributed by atoms with van der Waals surface area (Å²) in [4.78, 5) is 4.43. The zero-order valence-electron chi connectivity index (χ0n) is 10.0. The van der Waals surface area contributed by atoms with Crippen LogP contribution in [0.15, 0.2) is 30.5 Å². The molecule has 1 aliphatic rings. The van der Waals surface area contributed by atoms with Crippen LogP contribution >= 0.6 is 11.6 Å². The van der Waals surface area contributed by atoms with Crippen molar-refractivity contribution in [2.24, 2.45) is 0 Å². The summed E-state index contributed by atoms with van der Waals surface area (Å²) >= 11 is 5.98. The van der Waals surface area contributed by atoms with Crippen molar-refractivity contribution in [2.45, 2.75) is 31.9 Å². The molecular weight excluding hydrogens is 248 g/mol. The first-order valence-electron chi connectivity index (χ1n) is 6.21. The molecule has 0 aliphatic carbocycles. The molecule has 1 aliphatic heterocycles. The van der Waals surface area contributed by atoms with Crippen LogP contribution in [0.2, 0.25) is 5.02 Å². The van der Waals surface area contributed by atoms with Gasteiger partial charge in [0.15, 0.2) is 0 Å². The number of fused-ring (bicyclic) bond motifs is 1. The summed E-state index contributed by atoms with van der Waals surface area (Å²) in [5.41, 5.74) is 2.09. The molecule has 0 amide bonds. The summed E-state index contributed by atoms with van der Waals surface area (Å²) in [6.07, 6.45) is 4.03. The van der Waals surface area contributed by atoms with Crippen LogP contribution < -0.4 is 0 Å². The van der Waals surface area contributed by atoms with Crippen LogP contribution in [0.25, 0.3) is 0 Å². The number of rotatable bonds is 2. The molecule has 0 bridgehead atoms. The van der Waals surface area contributed by atoms with Crippen LogP contribution in [0.3, 0.4) is 0 Å². The van der Waals surface area contributed by atoms with E-state index in [0.717, 1.165) is 47.9 Å². The fourth-order valence-electron chi connectivity index (χ4n) is 2.51. The zero-order chi connectivity index (χ0) is 12.5. The minimum Gasteiger partial charge on any atom is -0.387 e. The molecule has 0 saturated carbocycles. The van der Waals surface area contributed by atoms with Gasteiger partial charge in [-0.15, -0.1) is 0 Å². The highest BCUT2D eigenvalue weighted by Gasteiger charge is 2.21. The summed E-state index contributed by atoms with van der Waals surface area (Å²) in [5, 5.41) is 10.7. The standard InChI is InChI=1S/C14H15ClN2O/c15-11-4-1-3-10(7-11)8-14-16-9-12-13(18)5-2-6-17(12)14/h1,3-4,7,9,13,18H,2,5-6,8H2. The fourth-order valence-corrected chi connectivity index (χ4v) is 2.73. The summed E-state index contributed by atoms with van der Waals surface area (Å²) in [7, 11) is 0. The minimum atomic E-state index is -0.362. The highest BCUT2D eigenvalue weighted by molar-refractivity contribution is 6.30. The van der Waals surface area contributed by atoms with E-state index in [4.69, 9.17) is 11.6 Å². The maximum Gasteiger partial charge on any atom is 0.113 e. The Labute approximate surface area is 111 Å². The Morgan fingerprint density at radius 2 is 2.33 bits per heavy atom. The lowest BCUT2D eigenvalue weighted by Gasteiger charge is -2.21. The molecule has 0 saturated heterocycles. The number of benzene rings is 1. The highest BCUT2D eigenvalue weighted by atomic mass is 35.5. The molecule has 2 heterocycles. The molecule has 3 nitrogen and oxygen atoms in total. The van der Waals surface area contributed by atoms with E-state index in [1.807, 2.05) is 24.3 Å². The second-order valence-corrected chi connectivity index (χ2v) is 5.15. The molecule has 1 atom stereocenters. The van der Waals surface area contributed by atoms with Gasteiger partial charge in [0, 0.05) is 18.0 Å². The normalized spacial score (nSPS) is 18.7. The van der Waals surface area contributed by atoms with Gasteiger partial charge in [0.05, 0.1) is 18.0 Å². The Kier molecular flexibility index (Phi) is 3.10. The Balaban J connectivity index is 1.90. The third-order valence-electron chi connectivity index (χ3n) is 3.42. The van der Waals surface area contributed by atoms with Crippen LogP contribution in [-0.2, 0) is 13.0 Å². The number of nitrogens with zero attached hydrogens (tertiary/aromatic N) is 2. The van der Waals surface area contributed by atoms with Gasteiger partial charge in [-0.05, 0) is 30.5 Å². The zero-order valence-corrected chi connectivity index (χ0v) is 10.8. The molecule has 0 radical (unpaired) electrons. The average Bonchev–Trinajstić information content (AvgIpc) is 2.74. The van der Waals surface area contributed by atoms with E-state index in [1.165, 1.54) is 0 Å². The van der Waals surface area contributed by atoms with Crippen molar-refractivity contribution >= 4 is 11.6 Å². The van der Waals surface area contributed by atoms with E-state index in [2.05, 4.69) is 9.55 Å². The quantitative estimate of drug-likeness (QED) is 0.904. The molecular formula is C14H15ClN2O. The van der Waals surface area contributed by atoms with Gasteiger partial charge in [-0.3, -0.25) is 0 Å². The summed E-state index contributed by atoms with van der Waals surface area (Å²) in [5.74, 6) is 1.01. The van der Waals surface area contributed by atoms with E-state index >= 15 is 0 Å². The largest absolute Gasteiger partial charge is 0.387 e.